The Labute approximate surface area is 144 Å². The van der Waals surface area contributed by atoms with Gasteiger partial charge in [0.1, 0.15) is 0 Å². The molecule has 4 rings (SSSR count). The second kappa shape index (κ2) is 6.07. The van der Waals surface area contributed by atoms with E-state index in [4.69, 9.17) is 10.00 Å². The van der Waals surface area contributed by atoms with Gasteiger partial charge in [-0.25, -0.2) is 0 Å². The molecule has 122 valence electrons. The van der Waals surface area contributed by atoms with Crippen molar-refractivity contribution in [1.82, 2.24) is 0 Å². The van der Waals surface area contributed by atoms with Crippen LogP contribution in [0.2, 0.25) is 0 Å². The molecule has 24 heavy (non-hydrogen) atoms. The molecule has 1 fully saturated rings. The van der Waals surface area contributed by atoms with Crippen molar-refractivity contribution >= 4 is 0 Å². The largest absolute Gasteiger partial charge is 0.381 e. The predicted molar refractivity (Wildman–Crippen MR) is 95.7 cm³/mol. The number of benzene rings is 2. The lowest BCUT2D eigenvalue weighted by Crippen LogP contribution is -2.31. The van der Waals surface area contributed by atoms with Gasteiger partial charge in [0.15, 0.2) is 0 Å². The fourth-order valence-electron chi connectivity index (χ4n) is 4.57. The Morgan fingerprint density at radius 2 is 1.75 bits per heavy atom. The van der Waals surface area contributed by atoms with E-state index in [-0.39, 0.29) is 0 Å². The Morgan fingerprint density at radius 3 is 2.50 bits per heavy atom. The molecule has 0 aromatic heterocycles. The maximum atomic E-state index is 9.11. The first-order valence-corrected chi connectivity index (χ1v) is 8.86. The van der Waals surface area contributed by atoms with Crippen molar-refractivity contribution in [1.29, 1.82) is 5.26 Å². The number of fused-ring (bicyclic) bond motifs is 1. The summed E-state index contributed by atoms with van der Waals surface area (Å²) in [4.78, 5) is 0. The van der Waals surface area contributed by atoms with Gasteiger partial charge in [-0.1, -0.05) is 30.3 Å². The van der Waals surface area contributed by atoms with Gasteiger partial charge in [-0.05, 0) is 78.3 Å². The second-order valence-corrected chi connectivity index (χ2v) is 7.46. The predicted octanol–water partition coefficient (Wildman–Crippen LogP) is 4.90. The van der Waals surface area contributed by atoms with E-state index in [2.05, 4.69) is 30.3 Å². The molecule has 0 saturated heterocycles. The highest BCUT2D eigenvalue weighted by molar-refractivity contribution is 5.67. The third-order valence-electron chi connectivity index (χ3n) is 5.99. The topological polar surface area (TPSA) is 33.0 Å². The van der Waals surface area contributed by atoms with Crippen LogP contribution in [0.1, 0.15) is 42.4 Å². The van der Waals surface area contributed by atoms with Crippen LogP contribution in [0.5, 0.6) is 0 Å². The number of hydrogen-bond donors (Lipinski definition) is 0. The van der Waals surface area contributed by atoms with Gasteiger partial charge in [0.05, 0.1) is 17.7 Å². The van der Waals surface area contributed by atoms with Crippen molar-refractivity contribution in [2.24, 2.45) is 5.41 Å². The van der Waals surface area contributed by atoms with Crippen LogP contribution >= 0.6 is 0 Å². The molecule has 2 aliphatic rings. The van der Waals surface area contributed by atoms with Crippen LogP contribution in [0, 0.1) is 16.7 Å². The second-order valence-electron chi connectivity index (χ2n) is 7.46. The van der Waals surface area contributed by atoms with E-state index in [9.17, 15) is 0 Å². The third-order valence-corrected chi connectivity index (χ3v) is 5.99. The SMILES string of the molecule is COC1CCC2(CC1)Cc1ccc(-c3cccc(C#N)c3)cc1C2. The molecule has 0 bridgehead atoms. The van der Waals surface area contributed by atoms with Crippen molar-refractivity contribution in [3.05, 3.63) is 59.2 Å². The fourth-order valence-corrected chi connectivity index (χ4v) is 4.57. The van der Waals surface area contributed by atoms with Gasteiger partial charge in [-0.15, -0.1) is 0 Å². The highest BCUT2D eigenvalue weighted by atomic mass is 16.5. The molecule has 0 amide bonds. The number of hydrogen-bond acceptors (Lipinski definition) is 2. The lowest BCUT2D eigenvalue weighted by molar-refractivity contribution is 0.0298. The number of nitriles is 1. The van der Waals surface area contributed by atoms with E-state index in [0.717, 1.165) is 11.1 Å². The first kappa shape index (κ1) is 15.4. The summed E-state index contributed by atoms with van der Waals surface area (Å²) < 4.78 is 5.54. The minimum Gasteiger partial charge on any atom is -0.381 e. The lowest BCUT2D eigenvalue weighted by atomic mass is 9.71. The van der Waals surface area contributed by atoms with Crippen molar-refractivity contribution < 1.29 is 4.74 Å². The van der Waals surface area contributed by atoms with Crippen LogP contribution in [0.15, 0.2) is 42.5 Å². The van der Waals surface area contributed by atoms with Crippen LogP contribution < -0.4 is 0 Å². The molecular weight excluding hydrogens is 294 g/mol. The van der Waals surface area contributed by atoms with E-state index in [1.165, 1.54) is 55.2 Å². The molecule has 1 saturated carbocycles. The Balaban J connectivity index is 1.59. The van der Waals surface area contributed by atoms with Gasteiger partial charge in [0, 0.05) is 7.11 Å². The van der Waals surface area contributed by atoms with Crippen molar-refractivity contribution in [3.63, 3.8) is 0 Å². The van der Waals surface area contributed by atoms with E-state index in [1.54, 1.807) is 0 Å². The Morgan fingerprint density at radius 1 is 1.00 bits per heavy atom. The molecule has 2 aliphatic carbocycles. The van der Waals surface area contributed by atoms with Crippen LogP contribution in [0.4, 0.5) is 0 Å². The molecule has 0 heterocycles. The van der Waals surface area contributed by atoms with Gasteiger partial charge in [-0.2, -0.15) is 5.26 Å². The number of rotatable bonds is 2. The molecule has 0 radical (unpaired) electrons. The summed E-state index contributed by atoms with van der Waals surface area (Å²) in [6.07, 6.45) is 7.83. The molecule has 0 N–H and O–H groups in total. The van der Waals surface area contributed by atoms with Crippen molar-refractivity contribution in [2.75, 3.05) is 7.11 Å². The zero-order chi connectivity index (χ0) is 16.6. The Bertz CT molecular complexity index is 794. The summed E-state index contributed by atoms with van der Waals surface area (Å²) in [6, 6.07) is 17.0. The summed E-state index contributed by atoms with van der Waals surface area (Å²) in [5.41, 5.74) is 6.58. The maximum absolute atomic E-state index is 9.11. The van der Waals surface area contributed by atoms with Crippen LogP contribution in [-0.4, -0.2) is 13.2 Å². The normalized spacial score (nSPS) is 25.4. The first-order chi connectivity index (χ1) is 11.7. The van der Waals surface area contributed by atoms with Crippen LogP contribution in [-0.2, 0) is 17.6 Å². The third kappa shape index (κ3) is 2.74. The fraction of sp³-hybridized carbons (Fsp3) is 0.409. The monoisotopic (exact) mass is 317 g/mol. The van der Waals surface area contributed by atoms with Crippen LogP contribution in [0.3, 0.4) is 0 Å². The van der Waals surface area contributed by atoms with Gasteiger partial charge >= 0.3 is 0 Å². The lowest BCUT2D eigenvalue weighted by Gasteiger charge is -2.36. The summed E-state index contributed by atoms with van der Waals surface area (Å²) in [5.74, 6) is 0. The minimum atomic E-state index is 0.462. The Hall–Kier alpha value is -2.11. The van der Waals surface area contributed by atoms with Gasteiger partial charge in [0.2, 0.25) is 0 Å². The zero-order valence-electron chi connectivity index (χ0n) is 14.2. The maximum Gasteiger partial charge on any atom is 0.0991 e. The molecular formula is C22H23NO. The van der Waals surface area contributed by atoms with E-state index >= 15 is 0 Å². The molecule has 2 nitrogen and oxygen atoms in total. The average molecular weight is 317 g/mol. The first-order valence-electron chi connectivity index (χ1n) is 8.86. The van der Waals surface area contributed by atoms with Gasteiger partial charge in [-0.3, -0.25) is 0 Å². The molecule has 2 heteroatoms. The molecule has 2 aromatic carbocycles. The van der Waals surface area contributed by atoms with Crippen molar-refractivity contribution in [3.8, 4) is 17.2 Å². The highest BCUT2D eigenvalue weighted by Crippen LogP contribution is 2.48. The van der Waals surface area contributed by atoms with E-state index < -0.39 is 0 Å². The van der Waals surface area contributed by atoms with E-state index in [0.29, 0.717) is 11.5 Å². The molecule has 0 atom stereocenters. The number of ether oxygens (including phenoxy) is 1. The van der Waals surface area contributed by atoms with Crippen molar-refractivity contribution in [2.45, 2.75) is 44.6 Å². The highest BCUT2D eigenvalue weighted by Gasteiger charge is 2.40. The van der Waals surface area contributed by atoms with Gasteiger partial charge < -0.3 is 4.74 Å². The summed E-state index contributed by atoms with van der Waals surface area (Å²) in [7, 11) is 1.84. The summed E-state index contributed by atoms with van der Waals surface area (Å²) in [5, 5.41) is 9.11. The average Bonchev–Trinajstić information content (AvgIpc) is 2.99. The minimum absolute atomic E-state index is 0.462. The quantitative estimate of drug-likeness (QED) is 0.789. The molecule has 1 spiro atoms. The molecule has 0 unspecified atom stereocenters. The summed E-state index contributed by atoms with van der Waals surface area (Å²) in [6.45, 7) is 0. The number of methoxy groups -OCH3 is 1. The molecule has 2 aromatic rings. The number of nitrogens with zero attached hydrogens (tertiary/aromatic N) is 1. The smallest absolute Gasteiger partial charge is 0.0991 e. The van der Waals surface area contributed by atoms with Gasteiger partial charge in [0.25, 0.3) is 0 Å². The van der Waals surface area contributed by atoms with Crippen LogP contribution in [0.25, 0.3) is 11.1 Å². The zero-order valence-corrected chi connectivity index (χ0v) is 14.2. The summed E-state index contributed by atoms with van der Waals surface area (Å²) >= 11 is 0. The molecule has 0 aliphatic heterocycles. The Kier molecular flexibility index (Phi) is 3.90. The standard InChI is InChI=1S/C22H23NO/c1-24-21-7-9-22(10-8-21)13-19-6-5-18(12-20(19)14-22)17-4-2-3-16(11-17)15-23/h2-6,11-12,21H,7-10,13-14H2,1H3. The van der Waals surface area contributed by atoms with E-state index in [1.807, 2.05) is 25.3 Å².